The van der Waals surface area contributed by atoms with Crippen LogP contribution in [0.4, 0.5) is 0 Å². The number of aliphatic hydroxyl groups is 1. The Morgan fingerprint density at radius 1 is 1.44 bits per heavy atom. The average molecular weight is 252 g/mol. The molecule has 2 saturated carbocycles. The van der Waals surface area contributed by atoms with Crippen LogP contribution in [0.2, 0.25) is 0 Å². The van der Waals surface area contributed by atoms with Crippen LogP contribution < -0.4 is 0 Å². The number of fused-ring (bicyclic) bond motifs is 1. The molecule has 0 radical (unpaired) electrons. The van der Waals surface area contributed by atoms with E-state index in [1.54, 1.807) is 0 Å². The molecule has 2 heteroatoms. The minimum atomic E-state index is 0.219. The van der Waals surface area contributed by atoms with E-state index in [9.17, 15) is 5.11 Å². The van der Waals surface area contributed by atoms with E-state index in [2.05, 4.69) is 26.8 Å². The zero-order valence-electron chi connectivity index (χ0n) is 12.3. The Bertz CT molecular complexity index is 326. The third kappa shape index (κ3) is 2.04. The lowest BCUT2D eigenvalue weighted by molar-refractivity contribution is 0.0464. The van der Waals surface area contributed by atoms with Crippen LogP contribution in [0.1, 0.15) is 46.5 Å². The van der Waals surface area contributed by atoms with Crippen LogP contribution in [-0.4, -0.2) is 25.4 Å². The standard InChI is InChI=1S/C16H28O2/c1-5-12(10-17)6-7-13-8-14-9-16(14,11-18-4)15(13,2)3/h6,13-14,17H,5,7-11H2,1-4H3/b12-6+. The van der Waals surface area contributed by atoms with Crippen LogP contribution >= 0.6 is 0 Å². The maximum Gasteiger partial charge on any atom is 0.0641 e. The summed E-state index contributed by atoms with van der Waals surface area (Å²) in [5.74, 6) is 1.63. The molecule has 0 saturated heterocycles. The summed E-state index contributed by atoms with van der Waals surface area (Å²) >= 11 is 0. The van der Waals surface area contributed by atoms with E-state index in [-0.39, 0.29) is 6.61 Å². The summed E-state index contributed by atoms with van der Waals surface area (Å²) in [6.07, 6.45) is 7.07. The highest BCUT2D eigenvalue weighted by Crippen LogP contribution is 2.74. The fraction of sp³-hybridized carbons (Fsp3) is 0.875. The lowest BCUT2D eigenvalue weighted by Crippen LogP contribution is -2.32. The molecule has 3 atom stereocenters. The Labute approximate surface area is 111 Å². The van der Waals surface area contributed by atoms with E-state index in [1.807, 2.05) is 7.11 Å². The molecule has 3 unspecified atom stereocenters. The molecular formula is C16H28O2. The Balaban J connectivity index is 2.03. The first-order valence-electron chi connectivity index (χ1n) is 7.29. The molecule has 0 amide bonds. The summed E-state index contributed by atoms with van der Waals surface area (Å²) in [5, 5.41) is 9.24. The number of hydrogen-bond donors (Lipinski definition) is 1. The number of hydrogen-bond acceptors (Lipinski definition) is 2. The zero-order chi connectivity index (χ0) is 13.4. The molecule has 2 aliphatic carbocycles. The van der Waals surface area contributed by atoms with Crippen molar-refractivity contribution in [1.29, 1.82) is 0 Å². The van der Waals surface area contributed by atoms with E-state index in [0.29, 0.717) is 10.8 Å². The molecule has 0 bridgehead atoms. The quantitative estimate of drug-likeness (QED) is 0.734. The molecule has 0 aromatic carbocycles. The highest BCUT2D eigenvalue weighted by molar-refractivity contribution is 5.19. The molecule has 1 N–H and O–H groups in total. The van der Waals surface area contributed by atoms with Gasteiger partial charge in [-0.15, -0.1) is 0 Å². The van der Waals surface area contributed by atoms with Crippen molar-refractivity contribution >= 4 is 0 Å². The normalized spacial score (nSPS) is 37.7. The predicted octanol–water partition coefficient (Wildman–Crippen LogP) is 3.40. The molecule has 0 heterocycles. The third-order valence-electron chi connectivity index (χ3n) is 5.86. The Morgan fingerprint density at radius 3 is 2.72 bits per heavy atom. The van der Waals surface area contributed by atoms with Crippen LogP contribution in [0.25, 0.3) is 0 Å². The number of ether oxygens (including phenoxy) is 1. The van der Waals surface area contributed by atoms with Crippen molar-refractivity contribution in [3.05, 3.63) is 11.6 Å². The number of methoxy groups -OCH3 is 1. The molecule has 2 nitrogen and oxygen atoms in total. The SMILES string of the molecule is CC/C(=C\CC1CC2CC2(COC)C1(C)C)CO. The van der Waals surface area contributed by atoms with E-state index in [0.717, 1.165) is 31.3 Å². The molecule has 0 aromatic heterocycles. The van der Waals surface area contributed by atoms with Gasteiger partial charge in [-0.3, -0.25) is 0 Å². The monoisotopic (exact) mass is 252 g/mol. The fourth-order valence-electron chi connectivity index (χ4n) is 4.16. The maximum atomic E-state index is 9.24. The van der Waals surface area contributed by atoms with E-state index >= 15 is 0 Å². The van der Waals surface area contributed by atoms with Gasteiger partial charge in [0.05, 0.1) is 13.2 Å². The highest BCUT2D eigenvalue weighted by atomic mass is 16.5. The predicted molar refractivity (Wildman–Crippen MR) is 74.4 cm³/mol. The number of allylic oxidation sites excluding steroid dienone is 1. The summed E-state index contributed by atoms with van der Waals surface area (Å²) in [5.41, 5.74) is 2.01. The van der Waals surface area contributed by atoms with Crippen molar-refractivity contribution < 1.29 is 9.84 Å². The van der Waals surface area contributed by atoms with Crippen molar-refractivity contribution in [3.63, 3.8) is 0 Å². The second-order valence-electron chi connectivity index (χ2n) is 6.75. The summed E-state index contributed by atoms with van der Waals surface area (Å²) < 4.78 is 5.47. The Kier molecular flexibility index (Phi) is 3.89. The van der Waals surface area contributed by atoms with Crippen molar-refractivity contribution in [3.8, 4) is 0 Å². The zero-order valence-corrected chi connectivity index (χ0v) is 12.3. The minimum Gasteiger partial charge on any atom is -0.392 e. The molecule has 104 valence electrons. The van der Waals surface area contributed by atoms with Gasteiger partial charge in [0.1, 0.15) is 0 Å². The first-order valence-corrected chi connectivity index (χ1v) is 7.29. The lowest BCUT2D eigenvalue weighted by Gasteiger charge is -2.36. The largest absolute Gasteiger partial charge is 0.392 e. The summed E-state index contributed by atoms with van der Waals surface area (Å²) in [6.45, 7) is 8.09. The van der Waals surface area contributed by atoms with Gasteiger partial charge >= 0.3 is 0 Å². The van der Waals surface area contributed by atoms with E-state index in [1.165, 1.54) is 18.4 Å². The van der Waals surface area contributed by atoms with Gasteiger partial charge in [-0.25, -0.2) is 0 Å². The lowest BCUT2D eigenvalue weighted by atomic mass is 9.69. The summed E-state index contributed by atoms with van der Waals surface area (Å²) in [4.78, 5) is 0. The highest BCUT2D eigenvalue weighted by Gasteiger charge is 2.69. The summed E-state index contributed by atoms with van der Waals surface area (Å²) in [6, 6.07) is 0. The van der Waals surface area contributed by atoms with Gasteiger partial charge < -0.3 is 9.84 Å². The third-order valence-corrected chi connectivity index (χ3v) is 5.86. The topological polar surface area (TPSA) is 29.5 Å². The van der Waals surface area contributed by atoms with E-state index in [4.69, 9.17) is 4.74 Å². The van der Waals surface area contributed by atoms with Crippen LogP contribution in [0.15, 0.2) is 11.6 Å². The summed E-state index contributed by atoms with van der Waals surface area (Å²) in [7, 11) is 1.83. The van der Waals surface area contributed by atoms with Crippen LogP contribution in [-0.2, 0) is 4.74 Å². The van der Waals surface area contributed by atoms with Crippen LogP contribution in [0.3, 0.4) is 0 Å². The van der Waals surface area contributed by atoms with Gasteiger partial charge in [0.15, 0.2) is 0 Å². The van der Waals surface area contributed by atoms with Gasteiger partial charge in [-0.05, 0) is 48.5 Å². The van der Waals surface area contributed by atoms with Crippen molar-refractivity contribution in [2.24, 2.45) is 22.7 Å². The number of aliphatic hydroxyl groups excluding tert-OH is 1. The second-order valence-corrected chi connectivity index (χ2v) is 6.75. The number of rotatable bonds is 6. The first kappa shape index (κ1) is 14.1. The van der Waals surface area contributed by atoms with Crippen LogP contribution in [0.5, 0.6) is 0 Å². The molecule has 2 fully saturated rings. The fourth-order valence-corrected chi connectivity index (χ4v) is 4.16. The van der Waals surface area contributed by atoms with E-state index < -0.39 is 0 Å². The molecule has 0 aliphatic heterocycles. The Hall–Kier alpha value is -0.340. The van der Waals surface area contributed by atoms with Gasteiger partial charge in [0.25, 0.3) is 0 Å². The molecule has 18 heavy (non-hydrogen) atoms. The Morgan fingerprint density at radius 2 is 2.17 bits per heavy atom. The van der Waals surface area contributed by atoms with Crippen molar-refractivity contribution in [2.45, 2.75) is 46.5 Å². The minimum absolute atomic E-state index is 0.219. The smallest absolute Gasteiger partial charge is 0.0641 e. The van der Waals surface area contributed by atoms with Crippen molar-refractivity contribution in [1.82, 2.24) is 0 Å². The average Bonchev–Trinajstić information content (AvgIpc) is 2.99. The molecule has 2 rings (SSSR count). The van der Waals surface area contributed by atoms with Crippen molar-refractivity contribution in [2.75, 3.05) is 20.3 Å². The first-order chi connectivity index (χ1) is 8.51. The molecular weight excluding hydrogens is 224 g/mol. The second kappa shape index (κ2) is 4.97. The maximum absolute atomic E-state index is 9.24. The molecule has 0 aromatic rings. The van der Waals surface area contributed by atoms with Gasteiger partial charge in [0, 0.05) is 12.5 Å². The van der Waals surface area contributed by atoms with Crippen LogP contribution in [0, 0.1) is 22.7 Å². The molecule has 0 spiro atoms. The van der Waals surface area contributed by atoms with Gasteiger partial charge in [0.2, 0.25) is 0 Å². The van der Waals surface area contributed by atoms with Gasteiger partial charge in [-0.2, -0.15) is 0 Å². The van der Waals surface area contributed by atoms with Gasteiger partial charge in [-0.1, -0.05) is 26.8 Å². The molecule has 2 aliphatic rings.